The molecule has 0 unspecified atom stereocenters. The lowest BCUT2D eigenvalue weighted by atomic mass is 10.2. The van der Waals surface area contributed by atoms with E-state index in [-0.39, 0.29) is 0 Å². The number of hydrogen-bond acceptors (Lipinski definition) is 3. The molecule has 0 amide bonds. The summed E-state index contributed by atoms with van der Waals surface area (Å²) in [5.41, 5.74) is 3.93. The van der Waals surface area contributed by atoms with Crippen molar-refractivity contribution in [3.8, 4) is 0 Å². The fraction of sp³-hybridized carbons (Fsp3) is 0.389. The molecule has 3 aromatic heterocycles. The van der Waals surface area contributed by atoms with Gasteiger partial charge in [0.25, 0.3) is 0 Å². The molecule has 120 valence electrons. The maximum atomic E-state index is 5.50. The second-order valence-electron chi connectivity index (χ2n) is 6.49. The van der Waals surface area contributed by atoms with Gasteiger partial charge in [-0.1, -0.05) is 0 Å². The molecule has 0 aliphatic carbocycles. The van der Waals surface area contributed by atoms with Crippen molar-refractivity contribution in [2.24, 2.45) is 0 Å². The molecular formula is C18H22N4O. The van der Waals surface area contributed by atoms with Crippen LogP contribution in [0.5, 0.6) is 0 Å². The van der Waals surface area contributed by atoms with Crippen molar-refractivity contribution in [1.29, 1.82) is 0 Å². The van der Waals surface area contributed by atoms with Crippen molar-refractivity contribution in [1.82, 2.24) is 19.2 Å². The minimum atomic E-state index is 0.380. The largest absolute Gasteiger partial charge is 0.468 e. The van der Waals surface area contributed by atoms with Crippen molar-refractivity contribution in [2.75, 3.05) is 0 Å². The lowest BCUT2D eigenvalue weighted by Crippen LogP contribution is -2.18. The van der Waals surface area contributed by atoms with Gasteiger partial charge in [0.05, 0.1) is 30.7 Å². The number of furan rings is 1. The Kier molecular flexibility index (Phi) is 3.58. The smallest absolute Gasteiger partial charge is 0.117 e. The quantitative estimate of drug-likeness (QED) is 0.725. The first-order valence-corrected chi connectivity index (χ1v) is 8.15. The molecule has 4 rings (SSSR count). The van der Waals surface area contributed by atoms with Gasteiger partial charge in [0.15, 0.2) is 0 Å². The standard InChI is InChI=1S/C18H22N4O/c1-14(2)22-18-13-21(10-15-6-5-9-23-15)11-16(18)17(19-22)12-20-7-3-4-8-20/h3-9,14H,10-13H2,1-2H3. The fourth-order valence-electron chi connectivity index (χ4n) is 3.33. The van der Waals surface area contributed by atoms with Gasteiger partial charge in [0.1, 0.15) is 5.76 Å². The summed E-state index contributed by atoms with van der Waals surface area (Å²) in [6.07, 6.45) is 5.93. The maximum Gasteiger partial charge on any atom is 0.117 e. The molecule has 1 aliphatic heterocycles. The highest BCUT2D eigenvalue weighted by molar-refractivity contribution is 5.31. The molecule has 0 bridgehead atoms. The number of fused-ring (bicyclic) bond motifs is 1. The van der Waals surface area contributed by atoms with E-state index in [9.17, 15) is 0 Å². The Bertz CT molecular complexity index is 768. The van der Waals surface area contributed by atoms with Gasteiger partial charge in [0, 0.05) is 37.1 Å². The topological polar surface area (TPSA) is 39.1 Å². The van der Waals surface area contributed by atoms with Crippen LogP contribution in [0.3, 0.4) is 0 Å². The van der Waals surface area contributed by atoms with E-state index in [2.05, 4.69) is 52.5 Å². The third-order valence-corrected chi connectivity index (χ3v) is 4.40. The predicted molar refractivity (Wildman–Crippen MR) is 87.8 cm³/mol. The van der Waals surface area contributed by atoms with E-state index in [0.717, 1.165) is 31.9 Å². The summed E-state index contributed by atoms with van der Waals surface area (Å²) in [6, 6.07) is 8.49. The van der Waals surface area contributed by atoms with Crippen LogP contribution >= 0.6 is 0 Å². The lowest BCUT2D eigenvalue weighted by molar-refractivity contribution is 0.242. The molecule has 4 heterocycles. The van der Waals surface area contributed by atoms with E-state index in [1.165, 1.54) is 17.0 Å². The second kappa shape index (κ2) is 5.74. The van der Waals surface area contributed by atoms with Crippen LogP contribution in [-0.4, -0.2) is 19.2 Å². The summed E-state index contributed by atoms with van der Waals surface area (Å²) in [7, 11) is 0. The zero-order valence-corrected chi connectivity index (χ0v) is 13.6. The Morgan fingerprint density at radius 1 is 1.13 bits per heavy atom. The van der Waals surface area contributed by atoms with Crippen molar-refractivity contribution < 1.29 is 4.42 Å². The summed E-state index contributed by atoms with van der Waals surface area (Å²) in [5, 5.41) is 4.88. The molecule has 0 fully saturated rings. The zero-order valence-electron chi connectivity index (χ0n) is 13.6. The SMILES string of the molecule is CC(C)n1nc(Cn2cccc2)c2c1CN(Cc1ccco1)C2. The molecule has 1 aliphatic rings. The van der Waals surface area contributed by atoms with E-state index in [1.807, 2.05) is 12.1 Å². The first-order chi connectivity index (χ1) is 11.2. The molecule has 0 N–H and O–H groups in total. The average molecular weight is 310 g/mol. The van der Waals surface area contributed by atoms with Crippen LogP contribution in [0.1, 0.15) is 42.6 Å². The monoisotopic (exact) mass is 310 g/mol. The van der Waals surface area contributed by atoms with E-state index in [1.54, 1.807) is 6.26 Å². The Labute approximate surface area is 136 Å². The lowest BCUT2D eigenvalue weighted by Gasteiger charge is -2.15. The number of rotatable bonds is 5. The van der Waals surface area contributed by atoms with Gasteiger partial charge in [-0.25, -0.2) is 0 Å². The Morgan fingerprint density at radius 3 is 2.65 bits per heavy atom. The van der Waals surface area contributed by atoms with Crippen LogP contribution in [0, 0.1) is 0 Å². The van der Waals surface area contributed by atoms with E-state index >= 15 is 0 Å². The first-order valence-electron chi connectivity index (χ1n) is 8.15. The zero-order chi connectivity index (χ0) is 15.8. The molecule has 0 aromatic carbocycles. The van der Waals surface area contributed by atoms with Gasteiger partial charge in [-0.15, -0.1) is 0 Å². The van der Waals surface area contributed by atoms with Gasteiger partial charge in [-0.05, 0) is 38.1 Å². The summed E-state index contributed by atoms with van der Waals surface area (Å²) in [4.78, 5) is 2.42. The maximum absolute atomic E-state index is 5.50. The summed E-state index contributed by atoms with van der Waals surface area (Å²) in [6.45, 7) is 7.96. The van der Waals surface area contributed by atoms with E-state index < -0.39 is 0 Å². The number of nitrogens with zero attached hydrogens (tertiary/aromatic N) is 4. The molecule has 3 aromatic rings. The molecule has 0 atom stereocenters. The molecule has 0 spiro atoms. The van der Waals surface area contributed by atoms with Gasteiger partial charge in [0.2, 0.25) is 0 Å². The van der Waals surface area contributed by atoms with Crippen molar-refractivity contribution >= 4 is 0 Å². The molecule has 0 saturated carbocycles. The summed E-state index contributed by atoms with van der Waals surface area (Å²) >= 11 is 0. The molecule has 0 radical (unpaired) electrons. The molecule has 0 saturated heterocycles. The van der Waals surface area contributed by atoms with Gasteiger partial charge >= 0.3 is 0 Å². The fourth-order valence-corrected chi connectivity index (χ4v) is 3.33. The molecule has 5 nitrogen and oxygen atoms in total. The van der Waals surface area contributed by atoms with Crippen LogP contribution in [0.2, 0.25) is 0 Å². The van der Waals surface area contributed by atoms with Crippen molar-refractivity contribution in [3.63, 3.8) is 0 Å². The molecule has 23 heavy (non-hydrogen) atoms. The summed E-state index contributed by atoms with van der Waals surface area (Å²) < 4.78 is 9.87. The average Bonchev–Trinajstić information content (AvgIpc) is 3.26. The highest BCUT2D eigenvalue weighted by Gasteiger charge is 2.28. The highest BCUT2D eigenvalue weighted by atomic mass is 16.3. The summed E-state index contributed by atoms with van der Waals surface area (Å²) in [5.74, 6) is 1.02. The van der Waals surface area contributed by atoms with Crippen LogP contribution in [-0.2, 0) is 26.2 Å². The van der Waals surface area contributed by atoms with Crippen molar-refractivity contribution in [3.05, 3.63) is 65.6 Å². The minimum Gasteiger partial charge on any atom is -0.468 e. The second-order valence-corrected chi connectivity index (χ2v) is 6.49. The van der Waals surface area contributed by atoms with Crippen LogP contribution in [0.15, 0.2) is 47.3 Å². The van der Waals surface area contributed by atoms with Crippen molar-refractivity contribution in [2.45, 2.75) is 46.1 Å². The molecule has 5 heteroatoms. The Morgan fingerprint density at radius 2 is 1.96 bits per heavy atom. The minimum absolute atomic E-state index is 0.380. The third-order valence-electron chi connectivity index (χ3n) is 4.40. The van der Waals surface area contributed by atoms with E-state index in [4.69, 9.17) is 9.52 Å². The number of hydrogen-bond donors (Lipinski definition) is 0. The Balaban J connectivity index is 1.60. The third kappa shape index (κ3) is 2.72. The van der Waals surface area contributed by atoms with Gasteiger partial charge in [-0.3, -0.25) is 9.58 Å². The Hall–Kier alpha value is -2.27. The normalized spacial score (nSPS) is 14.7. The van der Waals surface area contributed by atoms with Crippen LogP contribution < -0.4 is 0 Å². The van der Waals surface area contributed by atoms with Gasteiger partial charge in [-0.2, -0.15) is 5.10 Å². The highest BCUT2D eigenvalue weighted by Crippen LogP contribution is 2.29. The predicted octanol–water partition coefficient (Wildman–Crippen LogP) is 3.42. The number of aromatic nitrogens is 3. The van der Waals surface area contributed by atoms with Gasteiger partial charge < -0.3 is 8.98 Å². The molecular weight excluding hydrogens is 288 g/mol. The first kappa shape index (κ1) is 14.3. The van der Waals surface area contributed by atoms with Crippen LogP contribution in [0.25, 0.3) is 0 Å². The van der Waals surface area contributed by atoms with E-state index in [0.29, 0.717) is 6.04 Å². The van der Waals surface area contributed by atoms with Crippen LogP contribution in [0.4, 0.5) is 0 Å².